The summed E-state index contributed by atoms with van der Waals surface area (Å²) >= 11 is 0. The minimum Gasteiger partial charge on any atom is -0.466 e. The first kappa shape index (κ1) is 89.8. The van der Waals surface area contributed by atoms with E-state index in [1.807, 2.05) is 39.0 Å². The van der Waals surface area contributed by atoms with Gasteiger partial charge in [0.15, 0.2) is 40.3 Å². The number of piperidine rings is 4. The Morgan fingerprint density at radius 3 is 1.46 bits per heavy atom. The molecule has 0 amide bonds. The molecule has 25 nitrogen and oxygen atoms in total. The Balaban J connectivity index is 0.000000223. The van der Waals surface area contributed by atoms with Gasteiger partial charge in [-0.1, -0.05) is 84.4 Å². The van der Waals surface area contributed by atoms with Crippen LogP contribution in [0, 0.1) is 23.2 Å². The van der Waals surface area contributed by atoms with Crippen LogP contribution >= 0.6 is 12.4 Å². The van der Waals surface area contributed by atoms with Crippen molar-refractivity contribution in [2.75, 3.05) is 99.2 Å². The number of esters is 4. The number of carbonyl (C=O) groups excluding carboxylic acids is 7. The van der Waals surface area contributed by atoms with E-state index in [9.17, 15) is 33.6 Å². The topological polar surface area (TPSA) is 316 Å². The molecule has 9 aliphatic rings. The molecule has 5 aromatic carbocycles. The minimum atomic E-state index is -0.359. The Kier molecular flexibility index (Phi) is 43.0. The van der Waals surface area contributed by atoms with Crippen LogP contribution in [0.15, 0.2) is 145 Å². The highest BCUT2D eigenvalue weighted by Crippen LogP contribution is 2.35. The number of ether oxygens (including phenoxy) is 10. The second kappa shape index (κ2) is 52.3. The number of fused-ring (bicyclic) bond motifs is 3. The molecule has 14 rings (SSSR count). The Hall–Kier alpha value is -9.84. The average molecular weight is 1530 g/mol. The molecule has 2 saturated carbocycles. The number of oxime groups is 1. The van der Waals surface area contributed by atoms with Crippen molar-refractivity contribution in [2.45, 2.75) is 150 Å². The van der Waals surface area contributed by atoms with Crippen molar-refractivity contribution < 1.29 is 86.1 Å². The monoisotopic (exact) mass is 1530 g/mol. The van der Waals surface area contributed by atoms with Crippen molar-refractivity contribution in [1.29, 1.82) is 5.26 Å². The molecule has 0 unspecified atom stereocenters. The summed E-state index contributed by atoms with van der Waals surface area (Å²) in [4.78, 5) is 82.5. The molecule has 592 valence electrons. The number of nitrogens with two attached hydrogens (primary N) is 1. The number of likely N-dealkylation sites (tertiary alicyclic amines) is 3. The van der Waals surface area contributed by atoms with Crippen LogP contribution in [0.1, 0.15) is 163 Å². The molecule has 5 aromatic rings. The highest BCUT2D eigenvalue weighted by molar-refractivity contribution is 5.97. The van der Waals surface area contributed by atoms with E-state index in [2.05, 4.69) is 85.0 Å². The number of hydrogen-bond acceptors (Lipinski definition) is 24. The lowest BCUT2D eigenvalue weighted by Gasteiger charge is -2.41. The second-order valence-electron chi connectivity index (χ2n) is 26.2. The summed E-state index contributed by atoms with van der Waals surface area (Å²) in [5.41, 5.74) is 11.1. The van der Waals surface area contributed by atoms with Gasteiger partial charge in [-0.05, 0) is 183 Å². The summed E-state index contributed by atoms with van der Waals surface area (Å²) in [6.45, 7) is 23.4. The van der Waals surface area contributed by atoms with E-state index in [1.165, 1.54) is 61.9 Å². The summed E-state index contributed by atoms with van der Waals surface area (Å²) in [5.74, 6) is 5.42. The van der Waals surface area contributed by atoms with Crippen molar-refractivity contribution in [3.05, 3.63) is 167 Å². The molecule has 0 spiro atoms. The fraction of sp³-hybridized carbons (Fsp3) is 0.482. The molecular weight excluding hydrogens is 1420 g/mol. The molecule has 109 heavy (non-hydrogen) atoms. The maximum absolute atomic E-state index is 11.4. The molecule has 0 atom stereocenters. The number of Topliss-reactive ketones (excluding diaryl/α,β-unsaturated/α-hetero) is 2. The number of hydrogen-bond donors (Lipinski definition) is 3. The molecule has 4 N–H and O–H groups in total. The molecule has 26 heteroatoms. The minimum absolute atomic E-state index is 0. The molecule has 6 fully saturated rings. The predicted molar refractivity (Wildman–Crippen MR) is 415 cm³/mol. The van der Waals surface area contributed by atoms with Gasteiger partial charge >= 0.3 is 23.9 Å². The standard InChI is InChI=1S/C16H21NO2.C13H23NO2.C12H15NO.C9H17NO2.C8H8N2O3.C8H5NO2.C8H6O3.C5H8O2.C4H6O.ClH/c1-2-19-16(18)12-14-8-10-17(11-9-14)13-15-6-4-3-5-7-15;1-2-16-13(15)10-11-6-8-14(9-7-11)12-4-3-5-12;14-12-6-8-13(9-7-12)10-11-4-2-1-3-5-11;1-2-12-9(11)7-8-3-5-10-6-4-8;9-8(10-11)5-1-2-6-7(3-5)13-4-12-6;2*9-4-6-1-2-7-8(3-6)11-5-10-7;1-3-5(6)7-4-2;5-4-2-1-3-4;/h3-7,12H,2,8-11,13H2,1H3;11-12H,2-10H2,1H3;1-5H,6-10H2;8,10H,2-7H2,1H3;1-3,11H,4H2,(H2,9,10);1-3H,5H2;1-4H,5H2;3H,1,4H2,2H3;1-3H2;1H. The van der Waals surface area contributed by atoms with Crippen molar-refractivity contribution in [3.63, 3.8) is 0 Å². The zero-order valence-electron chi connectivity index (χ0n) is 63.6. The van der Waals surface area contributed by atoms with Crippen LogP contribution in [-0.2, 0) is 60.8 Å². The van der Waals surface area contributed by atoms with E-state index in [4.69, 9.17) is 58.8 Å². The van der Waals surface area contributed by atoms with Gasteiger partial charge in [-0.3, -0.25) is 33.8 Å². The Morgan fingerprint density at radius 1 is 0.569 bits per heavy atom. The van der Waals surface area contributed by atoms with Gasteiger partial charge in [0.25, 0.3) is 0 Å². The van der Waals surface area contributed by atoms with Crippen LogP contribution in [0.3, 0.4) is 0 Å². The van der Waals surface area contributed by atoms with Gasteiger partial charge in [0.05, 0.1) is 38.1 Å². The fourth-order valence-electron chi connectivity index (χ4n) is 12.0. The van der Waals surface area contributed by atoms with Crippen LogP contribution in [0.4, 0.5) is 0 Å². The zero-order chi connectivity index (χ0) is 77.5. The first-order chi connectivity index (χ1) is 52.5. The van der Waals surface area contributed by atoms with Crippen LogP contribution in [0.2, 0.25) is 0 Å². The predicted octanol–water partition coefficient (Wildman–Crippen LogP) is 12.7. The number of benzene rings is 5. The summed E-state index contributed by atoms with van der Waals surface area (Å²) < 4.78 is 49.7. The summed E-state index contributed by atoms with van der Waals surface area (Å²) in [6.07, 6.45) is 19.8. The lowest BCUT2D eigenvalue weighted by Crippen LogP contribution is -2.45. The number of nitrogens with one attached hydrogen (secondary N) is 1. The van der Waals surface area contributed by atoms with E-state index in [0.717, 1.165) is 129 Å². The van der Waals surface area contributed by atoms with E-state index in [1.54, 1.807) is 67.6 Å². The highest BCUT2D eigenvalue weighted by Gasteiger charge is 2.30. The SMILES string of the molecule is C=CC(=O)OCC.CCOC(=O)C=C1CCN(Cc2ccccc2)CC1.CCOC(=O)CC1CCN(C2CCC2)CC1.CCOC(=O)CC1CCNCC1.Cl.N#Cc1ccc2c(c1)OCO2.N/C(=N/O)c1ccc2c(c1)OCO2.O=C1CCC1.O=C1CCN(Cc2ccccc2)CC1.O=Cc1ccc2c(c1)OCO2. The third kappa shape index (κ3) is 34.9. The molecule has 0 aromatic heterocycles. The number of aldehydes is 1. The molecule has 0 radical (unpaired) electrons. The number of nitriles is 1. The van der Waals surface area contributed by atoms with Gasteiger partial charge in [-0.15, -0.1) is 12.4 Å². The third-order valence-electron chi connectivity index (χ3n) is 18.4. The fourth-order valence-corrected chi connectivity index (χ4v) is 12.0. The van der Waals surface area contributed by atoms with E-state index >= 15 is 0 Å². The first-order valence-corrected chi connectivity index (χ1v) is 37.5. The number of halogens is 1. The molecule has 7 heterocycles. The largest absolute Gasteiger partial charge is 0.466 e. The highest BCUT2D eigenvalue weighted by atomic mass is 35.5. The van der Waals surface area contributed by atoms with Crippen molar-refractivity contribution in [2.24, 2.45) is 22.7 Å². The van der Waals surface area contributed by atoms with Crippen LogP contribution < -0.4 is 39.5 Å². The Morgan fingerprint density at radius 2 is 1.02 bits per heavy atom. The maximum atomic E-state index is 11.4. The molecule has 7 aliphatic heterocycles. The zero-order valence-corrected chi connectivity index (χ0v) is 64.4. The normalized spacial score (nSPS) is 16.7. The number of rotatable bonds is 17. The van der Waals surface area contributed by atoms with Crippen LogP contribution in [0.25, 0.3) is 0 Å². The Labute approximate surface area is 647 Å². The Bertz CT molecular complexity index is 3660. The number of amidine groups is 1. The van der Waals surface area contributed by atoms with Gasteiger partial charge in [-0.2, -0.15) is 5.26 Å². The van der Waals surface area contributed by atoms with Gasteiger partial charge in [-0.25, -0.2) is 9.59 Å². The van der Waals surface area contributed by atoms with E-state index < -0.39 is 0 Å². The van der Waals surface area contributed by atoms with E-state index in [0.29, 0.717) is 114 Å². The summed E-state index contributed by atoms with van der Waals surface area (Å²) in [7, 11) is 0. The van der Waals surface area contributed by atoms with Crippen molar-refractivity contribution >= 4 is 60.0 Å². The lowest BCUT2D eigenvalue weighted by molar-refractivity contribution is -0.145. The smallest absolute Gasteiger partial charge is 0.330 e. The molecule has 0 bridgehead atoms. The van der Waals surface area contributed by atoms with E-state index in [-0.39, 0.29) is 62.5 Å². The van der Waals surface area contributed by atoms with Crippen molar-refractivity contribution in [3.8, 4) is 40.6 Å². The average Bonchev–Trinajstić information content (AvgIpc) is 1.78. The first-order valence-electron chi connectivity index (χ1n) is 37.5. The molecule has 4 saturated heterocycles. The van der Waals surface area contributed by atoms with Crippen molar-refractivity contribution in [1.82, 2.24) is 20.0 Å². The summed E-state index contributed by atoms with van der Waals surface area (Å²) in [6, 6.07) is 39.1. The maximum Gasteiger partial charge on any atom is 0.330 e. The van der Waals surface area contributed by atoms with Crippen LogP contribution in [-0.4, -0.2) is 173 Å². The number of ketones is 2. The lowest BCUT2D eigenvalue weighted by atomic mass is 9.87. The quantitative estimate of drug-likeness (QED) is 0.0114. The third-order valence-corrected chi connectivity index (χ3v) is 18.4. The van der Waals surface area contributed by atoms with Gasteiger partial charge in [0, 0.05) is 113 Å². The van der Waals surface area contributed by atoms with Gasteiger partial charge < -0.3 is 68.5 Å². The molecule has 2 aliphatic carbocycles. The molecular formula is C83H110ClN7O18. The number of nitrogens with zero attached hydrogens (tertiary/aromatic N) is 5. The summed E-state index contributed by atoms with van der Waals surface area (Å²) in [5, 5.41) is 23.1. The van der Waals surface area contributed by atoms with Gasteiger partial charge in [0.2, 0.25) is 20.4 Å². The number of carbonyl (C=O) groups is 7. The van der Waals surface area contributed by atoms with Crippen LogP contribution in [0.5, 0.6) is 34.5 Å². The van der Waals surface area contributed by atoms with Gasteiger partial charge in [0.1, 0.15) is 17.9 Å². The second-order valence-corrected chi connectivity index (χ2v) is 26.2.